The average molecular weight is 1710 g/mol. The number of nitrogens with two attached hydrogens (primary N) is 4. The first-order valence-corrected chi connectivity index (χ1v) is 39.6. The fraction of sp³-hybridized carbons (Fsp3) is 0.548. The number of fused-ring (bicyclic) bond motifs is 1. The second kappa shape index (κ2) is 53.4. The number of carbonyl (C=O) groups excluding carboxylic acids is 15. The van der Waals surface area contributed by atoms with Crippen LogP contribution in [0.25, 0.3) is 10.9 Å². The number of guanidine groups is 3. The topological polar surface area (TPSA) is 730 Å². The second-order valence-corrected chi connectivity index (χ2v) is 28.6. The summed E-state index contributed by atoms with van der Waals surface area (Å²) in [6.45, 7) is 4.54. The molecule has 0 aliphatic heterocycles. The van der Waals surface area contributed by atoms with Crippen molar-refractivity contribution in [3.8, 4) is 0 Å². The molecule has 0 saturated carbocycles. The van der Waals surface area contributed by atoms with E-state index in [2.05, 4.69) is 121 Å². The van der Waals surface area contributed by atoms with Crippen molar-refractivity contribution in [1.82, 2.24) is 95.4 Å². The third-order valence-electron chi connectivity index (χ3n) is 18.6. The summed E-state index contributed by atoms with van der Waals surface area (Å²) in [6, 6.07) is -3.78. The lowest BCUT2D eigenvalue weighted by Crippen LogP contribution is -2.62. The number of aromatic nitrogens is 1. The van der Waals surface area contributed by atoms with Gasteiger partial charge in [-0.3, -0.25) is 88.1 Å². The summed E-state index contributed by atoms with van der Waals surface area (Å²) in [4.78, 5) is 221. The number of benzene rings is 2. The summed E-state index contributed by atoms with van der Waals surface area (Å²) in [7, 11) is 0. The maximum atomic E-state index is 14.6. The lowest BCUT2D eigenvalue weighted by atomic mass is 9.96. The van der Waals surface area contributed by atoms with Crippen molar-refractivity contribution in [2.45, 2.75) is 184 Å². The summed E-state index contributed by atoms with van der Waals surface area (Å²) in [6.07, 6.45) is 1.16. The number of thiol groups is 2. The molecule has 1 heterocycles. The van der Waals surface area contributed by atoms with Crippen molar-refractivity contribution in [3.05, 3.63) is 71.9 Å². The van der Waals surface area contributed by atoms with E-state index in [9.17, 15) is 92.0 Å². The van der Waals surface area contributed by atoms with Crippen molar-refractivity contribution >= 4 is 149 Å². The number of hydrogen-bond donors (Lipinski definition) is 30. The summed E-state index contributed by atoms with van der Waals surface area (Å²) < 4.78 is 0. The molecule has 0 radical (unpaired) electrons. The van der Waals surface area contributed by atoms with Crippen LogP contribution >= 0.6 is 25.3 Å². The molecule has 2 aromatic carbocycles. The molecule has 0 saturated heterocycles. The van der Waals surface area contributed by atoms with Crippen LogP contribution in [0.1, 0.15) is 104 Å². The van der Waals surface area contributed by atoms with E-state index in [-0.39, 0.29) is 94.9 Å². The summed E-state index contributed by atoms with van der Waals surface area (Å²) in [5.74, 6) is -18.7. The Balaban J connectivity index is 1.84. The number of para-hydroxylation sites is 1. The predicted octanol–water partition coefficient (Wildman–Crippen LogP) is -8.25. The molecule has 44 nitrogen and oxygen atoms in total. The number of hydrogen-bond acceptors (Lipinski definition) is 24. The number of carboxylic acids is 1. The number of aliphatic hydroxyl groups excluding tert-OH is 2. The molecular formula is C73H115N25O19S2. The Morgan fingerprint density at radius 1 is 0.454 bits per heavy atom. The summed E-state index contributed by atoms with van der Waals surface area (Å²) in [5, 5.41) is 94.5. The van der Waals surface area contributed by atoms with Gasteiger partial charge >= 0.3 is 5.97 Å². The van der Waals surface area contributed by atoms with Gasteiger partial charge in [0, 0.05) is 61.1 Å². The van der Waals surface area contributed by atoms with E-state index in [4.69, 9.17) is 39.2 Å². The molecule has 0 aliphatic rings. The number of H-pyrrole nitrogens is 1. The highest BCUT2D eigenvalue weighted by Gasteiger charge is 2.39. The van der Waals surface area contributed by atoms with Crippen LogP contribution in [0.15, 0.2) is 60.8 Å². The Bertz CT molecular complexity index is 3980. The first-order valence-electron chi connectivity index (χ1n) is 38.3. The van der Waals surface area contributed by atoms with Crippen molar-refractivity contribution in [2.75, 3.05) is 57.4 Å². The molecule has 0 aliphatic carbocycles. The lowest BCUT2D eigenvalue weighted by Gasteiger charge is -2.30. The number of nitrogens with one attached hydrogen (secondary N) is 21. The lowest BCUT2D eigenvalue weighted by molar-refractivity contribution is -0.142. The van der Waals surface area contributed by atoms with Crippen LogP contribution in [0.4, 0.5) is 0 Å². The number of aliphatic carboxylic acids is 1. The van der Waals surface area contributed by atoms with E-state index in [0.717, 1.165) is 0 Å². The molecule has 14 amide bonds. The van der Waals surface area contributed by atoms with Gasteiger partial charge in [0.15, 0.2) is 17.9 Å². The van der Waals surface area contributed by atoms with Gasteiger partial charge in [0.1, 0.15) is 78.8 Å². The number of amides is 14. The van der Waals surface area contributed by atoms with Gasteiger partial charge in [0.2, 0.25) is 82.7 Å². The quantitative estimate of drug-likeness (QED) is 0.00820. The van der Waals surface area contributed by atoms with Crippen LogP contribution in [0.3, 0.4) is 0 Å². The van der Waals surface area contributed by atoms with Crippen LogP contribution in [0.5, 0.6) is 0 Å². The summed E-state index contributed by atoms with van der Waals surface area (Å²) >= 11 is 8.43. The van der Waals surface area contributed by atoms with Crippen LogP contribution < -0.4 is 113 Å². The molecule has 3 aromatic rings. The van der Waals surface area contributed by atoms with Crippen LogP contribution in [0.2, 0.25) is 0 Å². The van der Waals surface area contributed by atoms with Gasteiger partial charge in [-0.2, -0.15) is 25.3 Å². The third kappa shape index (κ3) is 36.7. The number of rotatable bonds is 55. The van der Waals surface area contributed by atoms with Crippen molar-refractivity contribution in [3.63, 3.8) is 0 Å². The SMILES string of the molecule is CC[C@H](C)[C@H](NC(=O)[C@H](CCCNC(=N)N)NC(=O)CNC(=O)CNC(=O)[C@H](Cc1c[nH]c2ccccc12)NC(=O)[C@@H](C)NC(=O)[C@H](CS)NC(=O)[C@H](CO)NC(=O)[C@@H](N)CO)C(=O)N[C@@H](CC(=O)O)C(=O)N[C@@H](CCCNC(=N)N)C(=O)N[C@H](C(=O)N[C@@H](CS)C(=O)N[C@@H](Cc1ccccc1)C(=O)N[C@H](C=O)CCCNC(=N)N)[C@@H](C)CC. The smallest absolute Gasteiger partial charge is 0.305 e. The molecule has 658 valence electrons. The minimum Gasteiger partial charge on any atom is -0.481 e. The number of carboxylic acid groups (broad SMARTS) is 1. The molecule has 0 spiro atoms. The highest BCUT2D eigenvalue weighted by Crippen LogP contribution is 2.20. The van der Waals surface area contributed by atoms with Gasteiger partial charge < -0.3 is 138 Å². The average Bonchev–Trinajstić information content (AvgIpc) is 1.67. The molecule has 119 heavy (non-hydrogen) atoms. The maximum absolute atomic E-state index is 14.6. The number of aldehydes is 1. The van der Waals surface area contributed by atoms with Crippen LogP contribution in [-0.4, -0.2) is 269 Å². The number of aromatic amines is 1. The van der Waals surface area contributed by atoms with Crippen LogP contribution in [-0.2, 0) is 89.6 Å². The Morgan fingerprint density at radius 2 is 0.882 bits per heavy atom. The van der Waals surface area contributed by atoms with E-state index in [1.165, 1.54) is 13.8 Å². The maximum Gasteiger partial charge on any atom is 0.305 e. The zero-order valence-electron chi connectivity index (χ0n) is 66.7. The number of aliphatic hydroxyl groups is 2. The van der Waals surface area contributed by atoms with E-state index in [0.29, 0.717) is 34.7 Å². The van der Waals surface area contributed by atoms with Crippen LogP contribution in [0, 0.1) is 28.1 Å². The van der Waals surface area contributed by atoms with Crippen molar-refractivity contribution < 1.29 is 92.0 Å². The first-order chi connectivity index (χ1) is 56.4. The zero-order valence-corrected chi connectivity index (χ0v) is 68.5. The largest absolute Gasteiger partial charge is 0.481 e. The Morgan fingerprint density at radius 3 is 1.39 bits per heavy atom. The molecule has 0 unspecified atom stereocenters. The summed E-state index contributed by atoms with van der Waals surface area (Å²) in [5.41, 5.74) is 23.6. The molecule has 32 N–H and O–H groups in total. The fourth-order valence-corrected chi connectivity index (χ4v) is 11.9. The highest BCUT2D eigenvalue weighted by molar-refractivity contribution is 7.80. The Labute approximate surface area is 697 Å². The van der Waals surface area contributed by atoms with E-state index < -0.39 is 224 Å². The molecule has 0 bridgehead atoms. The van der Waals surface area contributed by atoms with Gasteiger partial charge in [-0.15, -0.1) is 0 Å². The normalized spacial score (nSPS) is 14.7. The molecule has 46 heteroatoms. The molecule has 3 rings (SSSR count). The third-order valence-corrected chi connectivity index (χ3v) is 19.3. The predicted molar refractivity (Wildman–Crippen MR) is 442 cm³/mol. The Kier molecular flexibility index (Phi) is 45.5. The van der Waals surface area contributed by atoms with E-state index >= 15 is 0 Å². The Hall–Kier alpha value is -11.9. The van der Waals surface area contributed by atoms with Gasteiger partial charge in [0.25, 0.3) is 0 Å². The molecule has 15 atom stereocenters. The minimum atomic E-state index is -1.99. The molecular weight excluding hydrogens is 1600 g/mol. The fourth-order valence-electron chi connectivity index (χ4n) is 11.4. The van der Waals surface area contributed by atoms with Crippen molar-refractivity contribution in [2.24, 2.45) is 34.8 Å². The van der Waals surface area contributed by atoms with E-state index in [1.54, 1.807) is 81.6 Å². The number of carbonyl (C=O) groups is 16. The standard InChI is InChI=1S/C73H115N25O19S2/c1-6-37(3)57(69(116)93-50(28-56(104)105)65(112)90-47(22-15-25-83-73(79)80)63(110)98-58(38(4)7-2)70(117)96-53(36-119)68(115)92-48(26-40-16-9-8-10-17-40)64(111)88-42(32-99)18-13-23-81-71(75)76)97-62(109)46(21-14-24-82-72(77)78)89-55(103)31-85-54(102)30-86-61(108)49(27-41-29-84-45-20-12-11-19-43(41)45)91-59(106)39(5)87-67(114)52(35-118)95-66(113)51(34-101)94-60(107)44(74)33-100/h8-12,16-17,19-20,29,32,37-39,42,44,46-53,57-58,84,100-101,118-119H,6-7,13-15,18,21-28,30-31,33-36,74H2,1-5H3,(H,85,102)(H,86,108)(H,87,114)(H,88,111)(H,89,103)(H,90,112)(H,91,106)(H,92,115)(H,93,116)(H,94,107)(H,95,113)(H,96,117)(H,97,109)(H,98,110)(H,104,105)(H4,75,76,81)(H4,77,78,82)(H4,79,80,83)/t37-,38-,39+,42-,44-,46-,47-,48-,49-,50-,51-,52-,53-,57-,58-/m0/s1. The van der Waals surface area contributed by atoms with Gasteiger partial charge in [-0.1, -0.05) is 89.1 Å². The monoisotopic (exact) mass is 1710 g/mol. The zero-order chi connectivity index (χ0) is 89.0. The minimum absolute atomic E-state index is 0.00409. The van der Waals surface area contributed by atoms with Crippen molar-refractivity contribution in [1.29, 1.82) is 16.2 Å². The van der Waals surface area contributed by atoms with Gasteiger partial charge in [-0.05, 0) is 74.5 Å². The van der Waals surface area contributed by atoms with Gasteiger partial charge in [0.05, 0.1) is 38.8 Å². The van der Waals surface area contributed by atoms with Gasteiger partial charge in [-0.25, -0.2) is 0 Å². The highest BCUT2D eigenvalue weighted by atomic mass is 32.1. The van der Waals surface area contributed by atoms with E-state index in [1.807, 2.05) is 0 Å². The molecule has 1 aromatic heterocycles. The first kappa shape index (κ1) is 101. The molecule has 0 fully saturated rings. The second-order valence-electron chi connectivity index (χ2n) is 27.9.